The number of hydrogen-bond acceptors (Lipinski definition) is 5. The summed E-state index contributed by atoms with van der Waals surface area (Å²) in [5.41, 5.74) is 0.933. The summed E-state index contributed by atoms with van der Waals surface area (Å²) in [5.74, 6) is 1.25. The topological polar surface area (TPSA) is 42.2 Å². The van der Waals surface area contributed by atoms with Gasteiger partial charge in [-0.25, -0.2) is 0 Å². The Morgan fingerprint density at radius 2 is 2.13 bits per heavy atom. The fraction of sp³-hybridized carbons (Fsp3) is 0.294. The highest BCUT2D eigenvalue weighted by Crippen LogP contribution is 2.35. The quantitative estimate of drug-likeness (QED) is 0.636. The lowest BCUT2D eigenvalue weighted by molar-refractivity contribution is 0.227. The van der Waals surface area contributed by atoms with Gasteiger partial charge in [-0.2, -0.15) is 0 Å². The second-order valence-electron chi connectivity index (χ2n) is 5.62. The van der Waals surface area contributed by atoms with Gasteiger partial charge in [0.1, 0.15) is 0 Å². The van der Waals surface area contributed by atoms with Gasteiger partial charge in [-0.05, 0) is 58.9 Å². The molecule has 118 valence electrons. The van der Waals surface area contributed by atoms with Crippen LogP contribution in [0.3, 0.4) is 0 Å². The molecule has 3 heterocycles. The van der Waals surface area contributed by atoms with Gasteiger partial charge in [0, 0.05) is 15.4 Å². The second-order valence-corrected chi connectivity index (χ2v) is 7.46. The lowest BCUT2D eigenvalue weighted by atomic mass is 10.2. The molecule has 4 nitrogen and oxygen atoms in total. The predicted molar refractivity (Wildman–Crippen MR) is 94.1 cm³/mol. The number of benzene rings is 1. The maximum absolute atomic E-state index is 5.89. The number of thiophene rings is 1. The van der Waals surface area contributed by atoms with Crippen LogP contribution < -0.4 is 0 Å². The van der Waals surface area contributed by atoms with E-state index in [1.807, 2.05) is 35.6 Å². The summed E-state index contributed by atoms with van der Waals surface area (Å²) in [6.07, 6.45) is 2.42. The number of nitrogens with zero attached hydrogens (tertiary/aromatic N) is 3. The zero-order chi connectivity index (χ0) is 15.6. The first kappa shape index (κ1) is 15.1. The van der Waals surface area contributed by atoms with Crippen molar-refractivity contribution < 1.29 is 4.42 Å². The van der Waals surface area contributed by atoms with Crippen LogP contribution in [0.15, 0.2) is 50.7 Å². The van der Waals surface area contributed by atoms with Crippen molar-refractivity contribution >= 4 is 27.3 Å². The van der Waals surface area contributed by atoms with Crippen molar-refractivity contribution in [1.82, 2.24) is 15.1 Å². The molecule has 1 aliphatic heterocycles. The van der Waals surface area contributed by atoms with Gasteiger partial charge >= 0.3 is 0 Å². The lowest BCUT2D eigenvalue weighted by Gasteiger charge is -2.21. The molecular formula is C17H16BrN3OS. The van der Waals surface area contributed by atoms with Crippen LogP contribution in [-0.2, 0) is 6.54 Å². The molecule has 23 heavy (non-hydrogen) atoms. The minimum absolute atomic E-state index is 0.480. The Morgan fingerprint density at radius 3 is 2.96 bits per heavy atom. The minimum Gasteiger partial charge on any atom is -0.419 e. The Kier molecular flexibility index (Phi) is 4.29. The summed E-state index contributed by atoms with van der Waals surface area (Å²) in [5, 5.41) is 10.6. The number of halogens is 1. The minimum atomic E-state index is 0.480. The lowest BCUT2D eigenvalue weighted by Crippen LogP contribution is -2.22. The Balaban J connectivity index is 1.53. The Bertz CT molecular complexity index is 787. The first-order valence-electron chi connectivity index (χ1n) is 7.66. The van der Waals surface area contributed by atoms with E-state index >= 15 is 0 Å². The maximum Gasteiger partial charge on any atom is 0.248 e. The SMILES string of the molecule is Brc1ccccc1-c1nnc(CN2CCCC2c2cccs2)o1. The summed E-state index contributed by atoms with van der Waals surface area (Å²) in [6.45, 7) is 1.79. The molecule has 6 heteroatoms. The van der Waals surface area contributed by atoms with Crippen LogP contribution in [0.5, 0.6) is 0 Å². The maximum atomic E-state index is 5.89. The molecule has 0 radical (unpaired) electrons. The van der Waals surface area contributed by atoms with E-state index in [1.165, 1.54) is 17.7 Å². The highest BCUT2D eigenvalue weighted by molar-refractivity contribution is 9.10. The molecule has 0 amide bonds. The standard InChI is InChI=1S/C17H16BrN3OS/c18-13-6-2-1-5-12(13)17-20-19-16(22-17)11-21-9-3-7-14(21)15-8-4-10-23-15/h1-2,4-6,8,10,14H,3,7,9,11H2. The summed E-state index contributed by atoms with van der Waals surface area (Å²) >= 11 is 5.35. The van der Waals surface area contributed by atoms with E-state index in [9.17, 15) is 0 Å². The Morgan fingerprint density at radius 1 is 1.22 bits per heavy atom. The largest absolute Gasteiger partial charge is 0.419 e. The van der Waals surface area contributed by atoms with E-state index < -0.39 is 0 Å². The third-order valence-corrected chi connectivity index (χ3v) is 5.81. The predicted octanol–water partition coefficient (Wildman–Crippen LogP) is 4.90. The highest BCUT2D eigenvalue weighted by Gasteiger charge is 2.28. The number of hydrogen-bond donors (Lipinski definition) is 0. The van der Waals surface area contributed by atoms with Crippen molar-refractivity contribution in [3.05, 3.63) is 57.0 Å². The average molecular weight is 390 g/mol. The van der Waals surface area contributed by atoms with Crippen molar-refractivity contribution in [3.63, 3.8) is 0 Å². The van der Waals surface area contributed by atoms with E-state index in [-0.39, 0.29) is 0 Å². The van der Waals surface area contributed by atoms with Crippen molar-refractivity contribution in [2.45, 2.75) is 25.4 Å². The van der Waals surface area contributed by atoms with E-state index in [1.54, 1.807) is 0 Å². The molecule has 1 aliphatic rings. The van der Waals surface area contributed by atoms with Gasteiger partial charge in [0.2, 0.25) is 11.8 Å². The molecule has 2 aromatic heterocycles. The van der Waals surface area contributed by atoms with Gasteiger partial charge in [0.05, 0.1) is 12.1 Å². The molecule has 0 bridgehead atoms. The third-order valence-electron chi connectivity index (χ3n) is 4.14. The van der Waals surface area contributed by atoms with E-state index in [2.05, 4.69) is 48.5 Å². The highest BCUT2D eigenvalue weighted by atomic mass is 79.9. The second kappa shape index (κ2) is 6.55. The van der Waals surface area contributed by atoms with Crippen LogP contribution in [0.1, 0.15) is 29.7 Å². The molecular weight excluding hydrogens is 374 g/mol. The molecule has 4 rings (SSSR count). The van der Waals surface area contributed by atoms with Crippen molar-refractivity contribution in [3.8, 4) is 11.5 Å². The Labute approximate surface area is 147 Å². The molecule has 0 N–H and O–H groups in total. The van der Waals surface area contributed by atoms with Crippen molar-refractivity contribution in [1.29, 1.82) is 0 Å². The van der Waals surface area contributed by atoms with Crippen LogP contribution in [0, 0.1) is 0 Å². The molecule has 1 aromatic carbocycles. The summed E-state index contributed by atoms with van der Waals surface area (Å²) in [6, 6.07) is 12.7. The van der Waals surface area contributed by atoms with Crippen molar-refractivity contribution in [2.24, 2.45) is 0 Å². The first-order valence-corrected chi connectivity index (χ1v) is 9.33. The van der Waals surface area contributed by atoms with E-state index in [0.717, 1.165) is 16.6 Å². The molecule has 1 atom stereocenters. The molecule has 0 aliphatic carbocycles. The van der Waals surface area contributed by atoms with Gasteiger partial charge in [0.15, 0.2) is 0 Å². The van der Waals surface area contributed by atoms with E-state index in [4.69, 9.17) is 4.42 Å². The molecule has 0 saturated carbocycles. The fourth-order valence-corrected chi connectivity index (χ4v) is 4.40. The van der Waals surface area contributed by atoms with Gasteiger partial charge < -0.3 is 4.42 Å². The number of aromatic nitrogens is 2. The van der Waals surface area contributed by atoms with Gasteiger partial charge in [-0.15, -0.1) is 21.5 Å². The monoisotopic (exact) mass is 389 g/mol. The summed E-state index contributed by atoms with van der Waals surface area (Å²) in [4.78, 5) is 3.86. The first-order chi connectivity index (χ1) is 11.3. The van der Waals surface area contributed by atoms with Gasteiger partial charge in [0.25, 0.3) is 0 Å². The van der Waals surface area contributed by atoms with Crippen molar-refractivity contribution in [2.75, 3.05) is 6.54 Å². The van der Waals surface area contributed by atoms with Gasteiger partial charge in [-0.1, -0.05) is 18.2 Å². The molecule has 1 saturated heterocycles. The summed E-state index contributed by atoms with van der Waals surface area (Å²) in [7, 11) is 0. The zero-order valence-electron chi connectivity index (χ0n) is 12.5. The Hall–Kier alpha value is -1.50. The van der Waals surface area contributed by atoms with Crippen LogP contribution >= 0.6 is 27.3 Å². The van der Waals surface area contributed by atoms with Crippen LogP contribution in [0.25, 0.3) is 11.5 Å². The van der Waals surface area contributed by atoms with Gasteiger partial charge in [-0.3, -0.25) is 4.90 Å². The molecule has 0 spiro atoms. The van der Waals surface area contributed by atoms with Crippen LogP contribution in [0.2, 0.25) is 0 Å². The van der Waals surface area contributed by atoms with Crippen LogP contribution in [0.4, 0.5) is 0 Å². The number of likely N-dealkylation sites (tertiary alicyclic amines) is 1. The fourth-order valence-electron chi connectivity index (χ4n) is 3.05. The zero-order valence-corrected chi connectivity index (χ0v) is 14.9. The normalized spacial score (nSPS) is 18.6. The third kappa shape index (κ3) is 3.11. The average Bonchev–Trinajstić information content (AvgIpc) is 3.29. The van der Waals surface area contributed by atoms with E-state index in [0.29, 0.717) is 24.4 Å². The summed E-state index contributed by atoms with van der Waals surface area (Å²) < 4.78 is 6.85. The molecule has 1 fully saturated rings. The smallest absolute Gasteiger partial charge is 0.248 e. The molecule has 3 aromatic rings. The van der Waals surface area contributed by atoms with Crippen LogP contribution in [-0.4, -0.2) is 21.6 Å². The number of rotatable bonds is 4. The molecule has 1 unspecified atom stereocenters.